The Morgan fingerprint density at radius 2 is 1.88 bits per heavy atom. The average molecular weight is 335 g/mol. The van der Waals surface area contributed by atoms with E-state index in [-0.39, 0.29) is 23.5 Å². The molecule has 1 aliphatic heterocycles. The molecular weight excluding hydrogens is 309 g/mol. The highest BCUT2D eigenvalue weighted by Gasteiger charge is 2.20. The summed E-state index contributed by atoms with van der Waals surface area (Å²) in [7, 11) is 0. The Morgan fingerprint density at radius 3 is 2.54 bits per heavy atom. The van der Waals surface area contributed by atoms with Gasteiger partial charge in [-0.2, -0.15) is 0 Å². The predicted molar refractivity (Wildman–Crippen MR) is 90.5 cm³/mol. The third kappa shape index (κ3) is 5.60. The molecular formula is C18H26FN3O2. The van der Waals surface area contributed by atoms with Crippen molar-refractivity contribution in [3.05, 3.63) is 35.6 Å². The Bertz CT molecular complexity index is 562. The quantitative estimate of drug-likeness (QED) is 0.861. The molecule has 0 unspecified atom stereocenters. The molecule has 0 saturated carbocycles. The third-order valence-electron chi connectivity index (χ3n) is 4.54. The lowest BCUT2D eigenvalue weighted by Crippen LogP contribution is -2.35. The van der Waals surface area contributed by atoms with Crippen molar-refractivity contribution >= 4 is 11.8 Å². The molecule has 1 fully saturated rings. The number of benzene rings is 1. The number of carbonyl (C=O) groups excluding carboxylic acids is 2. The minimum Gasteiger partial charge on any atom is -0.369 e. The molecule has 5 nitrogen and oxygen atoms in total. The number of amides is 2. The van der Waals surface area contributed by atoms with Gasteiger partial charge < -0.3 is 10.6 Å². The van der Waals surface area contributed by atoms with Gasteiger partial charge in [0.1, 0.15) is 5.82 Å². The highest BCUT2D eigenvalue weighted by Crippen LogP contribution is 2.12. The van der Waals surface area contributed by atoms with Gasteiger partial charge in [0, 0.05) is 45.1 Å². The molecule has 0 spiro atoms. The van der Waals surface area contributed by atoms with E-state index in [0.717, 1.165) is 38.2 Å². The zero-order chi connectivity index (χ0) is 17.5. The SMILES string of the molecule is C[C@@H](CCC(=O)N1CCCN(Cc2ccc(F)cc2)CC1)C(N)=O. The molecule has 2 amide bonds. The highest BCUT2D eigenvalue weighted by atomic mass is 19.1. The van der Waals surface area contributed by atoms with Crippen molar-refractivity contribution in [1.82, 2.24) is 9.80 Å². The molecule has 132 valence electrons. The zero-order valence-corrected chi connectivity index (χ0v) is 14.2. The summed E-state index contributed by atoms with van der Waals surface area (Å²) in [6.45, 7) is 5.66. The van der Waals surface area contributed by atoms with Crippen molar-refractivity contribution in [2.24, 2.45) is 11.7 Å². The van der Waals surface area contributed by atoms with Crippen LogP contribution in [0.5, 0.6) is 0 Å². The number of primary amides is 1. The monoisotopic (exact) mass is 335 g/mol. The molecule has 0 radical (unpaired) electrons. The fourth-order valence-electron chi connectivity index (χ4n) is 2.87. The standard InChI is InChI=1S/C18H26FN3O2/c1-14(18(20)24)3-8-17(23)22-10-2-9-21(11-12-22)13-15-4-6-16(19)7-5-15/h4-7,14H,2-3,8-13H2,1H3,(H2,20,24)/t14-/m0/s1. The summed E-state index contributed by atoms with van der Waals surface area (Å²) in [5.74, 6) is -0.761. The van der Waals surface area contributed by atoms with Gasteiger partial charge in [-0.3, -0.25) is 14.5 Å². The van der Waals surface area contributed by atoms with Gasteiger partial charge >= 0.3 is 0 Å². The lowest BCUT2D eigenvalue weighted by molar-refractivity contribution is -0.131. The molecule has 0 aromatic heterocycles. The number of hydrogen-bond donors (Lipinski definition) is 1. The number of rotatable bonds is 6. The Hall–Kier alpha value is -1.95. The summed E-state index contributed by atoms with van der Waals surface area (Å²) < 4.78 is 13.0. The van der Waals surface area contributed by atoms with E-state index in [1.54, 1.807) is 19.1 Å². The fraction of sp³-hybridized carbons (Fsp3) is 0.556. The van der Waals surface area contributed by atoms with Gasteiger partial charge in [0.05, 0.1) is 0 Å². The average Bonchev–Trinajstić information content (AvgIpc) is 2.80. The fourth-order valence-corrected chi connectivity index (χ4v) is 2.87. The van der Waals surface area contributed by atoms with Gasteiger partial charge in [-0.05, 0) is 30.5 Å². The summed E-state index contributed by atoms with van der Waals surface area (Å²) in [6, 6.07) is 6.55. The maximum absolute atomic E-state index is 13.0. The van der Waals surface area contributed by atoms with Gasteiger partial charge in [0.25, 0.3) is 0 Å². The third-order valence-corrected chi connectivity index (χ3v) is 4.54. The molecule has 0 bridgehead atoms. The Kier molecular flexibility index (Phi) is 6.73. The summed E-state index contributed by atoms with van der Waals surface area (Å²) in [5, 5.41) is 0. The summed E-state index contributed by atoms with van der Waals surface area (Å²) >= 11 is 0. The Morgan fingerprint density at radius 1 is 1.17 bits per heavy atom. The maximum Gasteiger partial charge on any atom is 0.222 e. The molecule has 2 rings (SSSR count). The Labute approximate surface area is 142 Å². The van der Waals surface area contributed by atoms with Crippen LogP contribution in [-0.4, -0.2) is 47.8 Å². The minimum absolute atomic E-state index is 0.0896. The topological polar surface area (TPSA) is 66.6 Å². The number of nitrogens with zero attached hydrogens (tertiary/aromatic N) is 2. The van der Waals surface area contributed by atoms with Crippen molar-refractivity contribution in [3.8, 4) is 0 Å². The first kappa shape index (κ1) is 18.4. The second-order valence-electron chi connectivity index (χ2n) is 6.48. The molecule has 1 aromatic rings. The van der Waals surface area contributed by atoms with Gasteiger partial charge in [-0.25, -0.2) is 4.39 Å². The van der Waals surface area contributed by atoms with Crippen LogP contribution in [0.25, 0.3) is 0 Å². The summed E-state index contributed by atoms with van der Waals surface area (Å²) in [5.41, 5.74) is 6.31. The van der Waals surface area contributed by atoms with Crippen molar-refractivity contribution < 1.29 is 14.0 Å². The first-order valence-electron chi connectivity index (χ1n) is 8.49. The predicted octanol–water partition coefficient (Wildman–Crippen LogP) is 1.76. The van der Waals surface area contributed by atoms with E-state index >= 15 is 0 Å². The van der Waals surface area contributed by atoms with E-state index in [4.69, 9.17) is 5.73 Å². The first-order valence-corrected chi connectivity index (χ1v) is 8.49. The van der Waals surface area contributed by atoms with Crippen LogP contribution in [0.3, 0.4) is 0 Å². The number of hydrogen-bond acceptors (Lipinski definition) is 3. The van der Waals surface area contributed by atoms with Gasteiger partial charge in [-0.1, -0.05) is 19.1 Å². The molecule has 24 heavy (non-hydrogen) atoms. The van der Waals surface area contributed by atoms with Crippen molar-refractivity contribution in [2.45, 2.75) is 32.7 Å². The maximum atomic E-state index is 13.0. The minimum atomic E-state index is -0.357. The number of nitrogens with two attached hydrogens (primary N) is 1. The van der Waals surface area contributed by atoms with E-state index in [1.165, 1.54) is 12.1 Å². The van der Waals surface area contributed by atoms with Crippen molar-refractivity contribution in [1.29, 1.82) is 0 Å². The van der Waals surface area contributed by atoms with Gasteiger partial charge in [-0.15, -0.1) is 0 Å². The molecule has 1 atom stereocenters. The second kappa shape index (κ2) is 8.78. The first-order chi connectivity index (χ1) is 11.5. The number of carbonyl (C=O) groups is 2. The molecule has 1 heterocycles. The van der Waals surface area contributed by atoms with E-state index < -0.39 is 0 Å². The van der Waals surface area contributed by atoms with Gasteiger partial charge in [0.15, 0.2) is 0 Å². The number of halogens is 1. The van der Waals surface area contributed by atoms with Gasteiger partial charge in [0.2, 0.25) is 11.8 Å². The molecule has 1 saturated heterocycles. The van der Waals surface area contributed by atoms with Crippen LogP contribution in [0.15, 0.2) is 24.3 Å². The van der Waals surface area contributed by atoms with Crippen LogP contribution in [0.1, 0.15) is 31.7 Å². The van der Waals surface area contributed by atoms with Crippen LogP contribution in [0.2, 0.25) is 0 Å². The molecule has 6 heteroatoms. The smallest absolute Gasteiger partial charge is 0.222 e. The van der Waals surface area contributed by atoms with Crippen LogP contribution >= 0.6 is 0 Å². The van der Waals surface area contributed by atoms with Crippen molar-refractivity contribution in [3.63, 3.8) is 0 Å². The Balaban J connectivity index is 1.80. The van der Waals surface area contributed by atoms with E-state index in [0.29, 0.717) is 19.4 Å². The largest absolute Gasteiger partial charge is 0.369 e. The van der Waals surface area contributed by atoms with Crippen molar-refractivity contribution in [2.75, 3.05) is 26.2 Å². The van der Waals surface area contributed by atoms with E-state index in [9.17, 15) is 14.0 Å². The van der Waals surface area contributed by atoms with Crippen LogP contribution in [0, 0.1) is 11.7 Å². The summed E-state index contributed by atoms with van der Waals surface area (Å²) in [6.07, 6.45) is 1.78. The van der Waals surface area contributed by atoms with E-state index in [1.807, 2.05) is 4.90 Å². The lowest BCUT2D eigenvalue weighted by Gasteiger charge is -2.22. The summed E-state index contributed by atoms with van der Waals surface area (Å²) in [4.78, 5) is 27.5. The zero-order valence-electron chi connectivity index (χ0n) is 14.2. The normalized spacial score (nSPS) is 17.3. The molecule has 1 aliphatic rings. The van der Waals surface area contributed by atoms with E-state index in [2.05, 4.69) is 4.90 Å². The van der Waals surface area contributed by atoms with Crippen LogP contribution < -0.4 is 5.73 Å². The second-order valence-corrected chi connectivity index (χ2v) is 6.48. The molecule has 2 N–H and O–H groups in total. The molecule has 0 aliphatic carbocycles. The highest BCUT2D eigenvalue weighted by molar-refractivity contribution is 5.79. The van der Waals surface area contributed by atoms with Crippen LogP contribution in [0.4, 0.5) is 4.39 Å². The lowest BCUT2D eigenvalue weighted by atomic mass is 10.0. The molecule has 1 aromatic carbocycles. The van der Waals surface area contributed by atoms with Crippen LogP contribution in [-0.2, 0) is 16.1 Å².